The van der Waals surface area contributed by atoms with Gasteiger partial charge in [-0.2, -0.15) is 0 Å². The molecule has 2 atom stereocenters. The number of hydrogen-bond acceptors (Lipinski definition) is 3. The molecule has 15 heavy (non-hydrogen) atoms. The number of amides is 2. The van der Waals surface area contributed by atoms with Gasteiger partial charge in [0.1, 0.15) is 0 Å². The first-order chi connectivity index (χ1) is 7.13. The van der Waals surface area contributed by atoms with Crippen molar-refractivity contribution >= 4 is 12.0 Å². The number of nitrogens with two attached hydrogens (primary N) is 1. The van der Waals surface area contributed by atoms with Crippen molar-refractivity contribution in [2.75, 3.05) is 0 Å². The normalized spacial score (nSPS) is 24.5. The number of guanidine groups is 1. The predicted octanol–water partition coefficient (Wildman–Crippen LogP) is 0.951. The third-order valence-corrected chi connectivity index (χ3v) is 2.58. The maximum atomic E-state index is 10.6. The van der Waals surface area contributed by atoms with Crippen molar-refractivity contribution in [1.82, 2.24) is 10.6 Å². The zero-order chi connectivity index (χ0) is 11.3. The molecule has 1 unspecified atom stereocenters. The van der Waals surface area contributed by atoms with Crippen molar-refractivity contribution in [3.05, 3.63) is 0 Å². The Morgan fingerprint density at radius 1 is 1.60 bits per heavy atom. The SMILES string of the molecule is CCCCCC1N=C(NC(N)=O)N[C@@H]1C. The quantitative estimate of drug-likeness (QED) is 0.607. The molecule has 0 fully saturated rings. The molecule has 4 N–H and O–H groups in total. The number of aliphatic imine (C=N–C) groups is 1. The molecule has 0 bridgehead atoms. The maximum Gasteiger partial charge on any atom is 0.318 e. The second-order valence-corrected chi connectivity index (χ2v) is 3.96. The molecule has 1 aliphatic rings. The number of primary amides is 1. The average Bonchev–Trinajstić information content (AvgIpc) is 2.46. The molecule has 1 rings (SSSR count). The van der Waals surface area contributed by atoms with E-state index in [0.717, 1.165) is 6.42 Å². The molecule has 1 heterocycles. The number of carbonyl (C=O) groups is 1. The Kier molecular flexibility index (Phi) is 4.39. The first-order valence-electron chi connectivity index (χ1n) is 5.54. The Morgan fingerprint density at radius 3 is 2.93 bits per heavy atom. The molecule has 0 radical (unpaired) electrons. The topological polar surface area (TPSA) is 79.5 Å². The van der Waals surface area contributed by atoms with Crippen molar-refractivity contribution in [1.29, 1.82) is 0 Å². The van der Waals surface area contributed by atoms with Crippen LogP contribution in [0.3, 0.4) is 0 Å². The van der Waals surface area contributed by atoms with Crippen LogP contribution in [-0.4, -0.2) is 24.1 Å². The summed E-state index contributed by atoms with van der Waals surface area (Å²) in [5, 5.41) is 5.57. The highest BCUT2D eigenvalue weighted by molar-refractivity contribution is 5.96. The van der Waals surface area contributed by atoms with Gasteiger partial charge >= 0.3 is 6.03 Å². The number of nitrogens with zero attached hydrogens (tertiary/aromatic N) is 1. The number of rotatable bonds is 4. The third-order valence-electron chi connectivity index (χ3n) is 2.58. The van der Waals surface area contributed by atoms with Gasteiger partial charge in [0.05, 0.1) is 6.04 Å². The first-order valence-corrected chi connectivity index (χ1v) is 5.54. The van der Waals surface area contributed by atoms with Gasteiger partial charge in [0.15, 0.2) is 5.96 Å². The molecule has 0 saturated carbocycles. The summed E-state index contributed by atoms with van der Waals surface area (Å²) >= 11 is 0. The van der Waals surface area contributed by atoms with Crippen LogP contribution in [0, 0.1) is 0 Å². The molecule has 0 aromatic carbocycles. The lowest BCUT2D eigenvalue weighted by Gasteiger charge is -2.12. The van der Waals surface area contributed by atoms with Gasteiger partial charge in [-0.05, 0) is 13.3 Å². The van der Waals surface area contributed by atoms with Gasteiger partial charge in [-0.1, -0.05) is 26.2 Å². The van der Waals surface area contributed by atoms with Gasteiger partial charge in [-0.25, -0.2) is 9.79 Å². The summed E-state index contributed by atoms with van der Waals surface area (Å²) in [7, 11) is 0. The van der Waals surface area contributed by atoms with Crippen LogP contribution >= 0.6 is 0 Å². The molecular formula is C10H20N4O. The summed E-state index contributed by atoms with van der Waals surface area (Å²) in [4.78, 5) is 15.0. The Balaban J connectivity index is 2.37. The number of nitrogens with one attached hydrogen (secondary N) is 2. The van der Waals surface area contributed by atoms with E-state index in [9.17, 15) is 4.79 Å². The fourth-order valence-electron chi connectivity index (χ4n) is 1.73. The molecule has 2 amide bonds. The van der Waals surface area contributed by atoms with E-state index < -0.39 is 6.03 Å². The summed E-state index contributed by atoms with van der Waals surface area (Å²) in [6.45, 7) is 4.25. The van der Waals surface area contributed by atoms with Gasteiger partial charge in [0.25, 0.3) is 0 Å². The average molecular weight is 212 g/mol. The molecule has 0 aliphatic carbocycles. The maximum absolute atomic E-state index is 10.6. The number of urea groups is 1. The van der Waals surface area contributed by atoms with Crippen molar-refractivity contribution in [2.24, 2.45) is 10.7 Å². The van der Waals surface area contributed by atoms with Gasteiger partial charge in [-0.15, -0.1) is 0 Å². The molecule has 1 aliphatic heterocycles. The van der Waals surface area contributed by atoms with E-state index in [2.05, 4.69) is 29.5 Å². The number of hydrogen-bond donors (Lipinski definition) is 3. The number of carbonyl (C=O) groups excluding carboxylic acids is 1. The molecule has 0 aromatic heterocycles. The summed E-state index contributed by atoms with van der Waals surface area (Å²) in [5.74, 6) is 0.511. The van der Waals surface area contributed by atoms with E-state index in [0.29, 0.717) is 5.96 Å². The Morgan fingerprint density at radius 2 is 2.33 bits per heavy atom. The highest BCUT2D eigenvalue weighted by atomic mass is 16.2. The van der Waals surface area contributed by atoms with E-state index >= 15 is 0 Å². The monoisotopic (exact) mass is 212 g/mol. The van der Waals surface area contributed by atoms with E-state index in [1.807, 2.05) is 0 Å². The molecule has 5 heteroatoms. The molecule has 5 nitrogen and oxygen atoms in total. The Hall–Kier alpha value is -1.26. The molecular weight excluding hydrogens is 192 g/mol. The van der Waals surface area contributed by atoms with Crippen LogP contribution in [0.25, 0.3) is 0 Å². The van der Waals surface area contributed by atoms with Gasteiger partial charge in [0.2, 0.25) is 0 Å². The van der Waals surface area contributed by atoms with E-state index in [1.165, 1.54) is 19.3 Å². The third kappa shape index (κ3) is 3.77. The molecule has 0 aromatic rings. The van der Waals surface area contributed by atoms with Gasteiger partial charge < -0.3 is 11.1 Å². The van der Waals surface area contributed by atoms with Crippen LogP contribution in [0.1, 0.15) is 39.5 Å². The van der Waals surface area contributed by atoms with Crippen molar-refractivity contribution in [2.45, 2.75) is 51.6 Å². The Bertz CT molecular complexity index is 252. The lowest BCUT2D eigenvalue weighted by Crippen LogP contribution is -2.43. The smallest absolute Gasteiger partial charge is 0.318 e. The van der Waals surface area contributed by atoms with Crippen molar-refractivity contribution < 1.29 is 4.79 Å². The standard InChI is InChI=1S/C10H20N4O/c1-3-4-5-6-8-7(2)12-10(13-8)14-9(11)15/h7-8H,3-6H2,1-2H3,(H4,11,12,13,14,15)/t7-,8?/m1/s1. The van der Waals surface area contributed by atoms with E-state index in [4.69, 9.17) is 5.73 Å². The van der Waals surface area contributed by atoms with Crippen LogP contribution in [-0.2, 0) is 0 Å². The van der Waals surface area contributed by atoms with Crippen LogP contribution in [0.4, 0.5) is 4.79 Å². The highest BCUT2D eigenvalue weighted by Crippen LogP contribution is 2.14. The van der Waals surface area contributed by atoms with Crippen LogP contribution in [0.5, 0.6) is 0 Å². The second-order valence-electron chi connectivity index (χ2n) is 3.96. The number of unbranched alkanes of at least 4 members (excludes halogenated alkanes) is 2. The highest BCUT2D eigenvalue weighted by Gasteiger charge is 2.24. The van der Waals surface area contributed by atoms with Crippen LogP contribution in [0.2, 0.25) is 0 Å². The fraction of sp³-hybridized carbons (Fsp3) is 0.800. The second kappa shape index (κ2) is 5.58. The minimum absolute atomic E-state index is 0.262. The van der Waals surface area contributed by atoms with Crippen molar-refractivity contribution in [3.8, 4) is 0 Å². The van der Waals surface area contributed by atoms with E-state index in [-0.39, 0.29) is 12.1 Å². The fourth-order valence-corrected chi connectivity index (χ4v) is 1.73. The lowest BCUT2D eigenvalue weighted by atomic mass is 10.0. The van der Waals surface area contributed by atoms with Gasteiger partial charge in [-0.3, -0.25) is 5.32 Å². The van der Waals surface area contributed by atoms with E-state index in [1.54, 1.807) is 0 Å². The largest absolute Gasteiger partial charge is 0.351 e. The minimum Gasteiger partial charge on any atom is -0.351 e. The first kappa shape index (κ1) is 11.8. The molecule has 86 valence electrons. The predicted molar refractivity (Wildman–Crippen MR) is 60.7 cm³/mol. The zero-order valence-electron chi connectivity index (χ0n) is 9.42. The summed E-state index contributed by atoms with van der Waals surface area (Å²) in [5.41, 5.74) is 5.01. The zero-order valence-corrected chi connectivity index (χ0v) is 9.42. The Labute approximate surface area is 90.5 Å². The molecule has 0 saturated heterocycles. The molecule has 0 spiro atoms. The summed E-state index contributed by atoms with van der Waals surface area (Å²) in [6.07, 6.45) is 4.69. The minimum atomic E-state index is -0.567. The lowest BCUT2D eigenvalue weighted by molar-refractivity contribution is 0.253. The van der Waals surface area contributed by atoms with Crippen LogP contribution < -0.4 is 16.4 Å². The van der Waals surface area contributed by atoms with Crippen LogP contribution in [0.15, 0.2) is 4.99 Å². The van der Waals surface area contributed by atoms with Crippen molar-refractivity contribution in [3.63, 3.8) is 0 Å². The summed E-state index contributed by atoms with van der Waals surface area (Å²) < 4.78 is 0. The summed E-state index contributed by atoms with van der Waals surface area (Å²) in [6, 6.07) is -0.0234. The van der Waals surface area contributed by atoms with Gasteiger partial charge in [0, 0.05) is 6.04 Å².